The number of hydrogen-bond acceptors (Lipinski definition) is 4. The molecule has 3 aromatic rings. The van der Waals surface area contributed by atoms with Crippen LogP contribution < -0.4 is 5.32 Å². The van der Waals surface area contributed by atoms with Gasteiger partial charge in [0.15, 0.2) is 0 Å². The second-order valence-electron chi connectivity index (χ2n) is 8.19. The molecule has 4 rings (SSSR count). The topological polar surface area (TPSA) is 88.5 Å². The van der Waals surface area contributed by atoms with E-state index in [2.05, 4.69) is 5.32 Å². The molecule has 1 aliphatic rings. The first-order chi connectivity index (χ1) is 14.7. The van der Waals surface area contributed by atoms with E-state index in [-0.39, 0.29) is 29.0 Å². The number of nitrogens with one attached hydrogen (secondary N) is 1. The Labute approximate surface area is 181 Å². The van der Waals surface area contributed by atoms with Crippen LogP contribution in [0.5, 0.6) is 0 Å². The second kappa shape index (κ2) is 7.85. The van der Waals surface area contributed by atoms with E-state index < -0.39 is 22.1 Å². The number of rotatable bonds is 5. The third kappa shape index (κ3) is 3.61. The van der Waals surface area contributed by atoms with E-state index in [1.165, 1.54) is 8.87 Å². The molecule has 0 unspecified atom stereocenters. The van der Waals surface area contributed by atoms with Crippen LogP contribution in [0.1, 0.15) is 19.4 Å². The number of carbonyl (C=O) groups excluding carboxylic acids is 2. The summed E-state index contributed by atoms with van der Waals surface area (Å²) in [6, 6.07) is 14.1. The second-order valence-corrected chi connectivity index (χ2v) is 10.0. The molecule has 1 saturated heterocycles. The van der Waals surface area contributed by atoms with Gasteiger partial charge in [0.25, 0.3) is 10.0 Å². The lowest BCUT2D eigenvalue weighted by atomic mass is 9.95. The van der Waals surface area contributed by atoms with Crippen molar-refractivity contribution in [2.45, 2.75) is 37.2 Å². The summed E-state index contributed by atoms with van der Waals surface area (Å²) in [6.45, 7) is 3.80. The number of hydrogen-bond donors (Lipinski definition) is 1. The lowest BCUT2D eigenvalue weighted by molar-refractivity contribution is -0.149. The van der Waals surface area contributed by atoms with Gasteiger partial charge in [0.05, 0.1) is 10.4 Å². The highest BCUT2D eigenvalue weighted by molar-refractivity contribution is 7.90. The Morgan fingerprint density at radius 3 is 2.32 bits per heavy atom. The molecule has 0 bridgehead atoms. The highest BCUT2D eigenvalue weighted by Crippen LogP contribution is 2.28. The molecule has 0 aliphatic carbocycles. The zero-order valence-corrected chi connectivity index (χ0v) is 18.5. The third-order valence-corrected chi connectivity index (χ3v) is 7.45. The van der Waals surface area contributed by atoms with Crippen LogP contribution in [0.25, 0.3) is 10.9 Å². The molecule has 1 N–H and O–H groups in total. The molecule has 1 aliphatic heterocycles. The number of aromatic nitrogens is 1. The largest absolute Gasteiger partial charge is 0.342 e. The Kier molecular flexibility index (Phi) is 5.35. The van der Waals surface area contributed by atoms with Crippen LogP contribution in [-0.2, 0) is 26.0 Å². The van der Waals surface area contributed by atoms with Crippen molar-refractivity contribution in [1.29, 1.82) is 0 Å². The Hall–Kier alpha value is -3.13. The van der Waals surface area contributed by atoms with Crippen LogP contribution in [0.3, 0.4) is 0 Å². The van der Waals surface area contributed by atoms with Gasteiger partial charge in [0.2, 0.25) is 11.8 Å². The van der Waals surface area contributed by atoms with Gasteiger partial charge in [-0.3, -0.25) is 9.59 Å². The quantitative estimate of drug-likeness (QED) is 0.661. The minimum atomic E-state index is -3.81. The van der Waals surface area contributed by atoms with Crippen LogP contribution in [-0.4, -0.2) is 48.2 Å². The van der Waals surface area contributed by atoms with Gasteiger partial charge < -0.3 is 10.2 Å². The van der Waals surface area contributed by atoms with Gasteiger partial charge in [-0.2, -0.15) is 0 Å². The number of fused-ring (bicyclic) bond motifs is 1. The molecular formula is C23H25N3O4S. The molecule has 2 amide bonds. The van der Waals surface area contributed by atoms with Crippen molar-refractivity contribution >= 4 is 32.7 Å². The highest BCUT2D eigenvalue weighted by atomic mass is 32.2. The van der Waals surface area contributed by atoms with E-state index in [9.17, 15) is 18.0 Å². The standard InChI is InChI=1S/C23H25N3O4S/c1-15(2)21-22(27)24-19(23(28)25(21)3)13-16-14-26(20-12-8-7-11-18(16)20)31(29,30)17-9-5-4-6-10-17/h4-12,14-15,19,21H,13H2,1-3H3,(H,24,27)/t19-,21-/m1/s1. The van der Waals surface area contributed by atoms with Crippen molar-refractivity contribution in [1.82, 2.24) is 14.2 Å². The molecule has 0 radical (unpaired) electrons. The third-order valence-electron chi connectivity index (χ3n) is 5.76. The molecule has 162 valence electrons. The summed E-state index contributed by atoms with van der Waals surface area (Å²) in [5, 5.41) is 3.57. The monoisotopic (exact) mass is 439 g/mol. The number of piperazine rings is 1. The normalized spacial score (nSPS) is 19.8. The Morgan fingerprint density at radius 1 is 1.00 bits per heavy atom. The molecule has 31 heavy (non-hydrogen) atoms. The van der Waals surface area contributed by atoms with Gasteiger partial charge in [0.1, 0.15) is 12.1 Å². The average Bonchev–Trinajstić information content (AvgIpc) is 3.11. The van der Waals surface area contributed by atoms with Crippen LogP contribution in [0.2, 0.25) is 0 Å². The maximum absolute atomic E-state index is 13.3. The summed E-state index contributed by atoms with van der Waals surface area (Å²) in [7, 11) is -2.17. The van der Waals surface area contributed by atoms with E-state index in [4.69, 9.17) is 0 Å². The molecular weight excluding hydrogens is 414 g/mol. The number of carbonyl (C=O) groups is 2. The van der Waals surface area contributed by atoms with Crippen molar-refractivity contribution in [3.05, 3.63) is 66.4 Å². The van der Waals surface area contributed by atoms with Gasteiger partial charge in [-0.1, -0.05) is 50.2 Å². The molecule has 8 heteroatoms. The van der Waals surface area contributed by atoms with Gasteiger partial charge in [-0.15, -0.1) is 0 Å². The van der Waals surface area contributed by atoms with E-state index in [1.54, 1.807) is 55.7 Å². The fourth-order valence-electron chi connectivity index (χ4n) is 4.27. The first-order valence-corrected chi connectivity index (χ1v) is 11.6. The zero-order chi connectivity index (χ0) is 22.3. The smallest absolute Gasteiger partial charge is 0.268 e. The maximum atomic E-state index is 13.3. The summed E-state index contributed by atoms with van der Waals surface area (Å²) in [4.78, 5) is 27.2. The Morgan fingerprint density at radius 2 is 1.65 bits per heavy atom. The fraction of sp³-hybridized carbons (Fsp3) is 0.304. The first kappa shape index (κ1) is 21.1. The minimum Gasteiger partial charge on any atom is -0.342 e. The molecule has 1 fully saturated rings. The van der Waals surface area contributed by atoms with Crippen LogP contribution in [0.15, 0.2) is 65.7 Å². The number of benzene rings is 2. The molecule has 0 saturated carbocycles. The average molecular weight is 440 g/mol. The number of para-hydroxylation sites is 1. The lowest BCUT2D eigenvalue weighted by Gasteiger charge is -2.38. The van der Waals surface area contributed by atoms with Crippen molar-refractivity contribution in [2.24, 2.45) is 5.92 Å². The molecule has 2 heterocycles. The SMILES string of the molecule is CC(C)[C@@H]1C(=O)N[C@H](Cc2cn(S(=O)(=O)c3ccccc3)c3ccccc23)C(=O)N1C. The molecule has 0 spiro atoms. The Bertz CT molecular complexity index is 1250. The lowest BCUT2D eigenvalue weighted by Crippen LogP contribution is -2.64. The van der Waals surface area contributed by atoms with Crippen molar-refractivity contribution in [3.63, 3.8) is 0 Å². The Balaban J connectivity index is 1.74. The summed E-state index contributed by atoms with van der Waals surface area (Å²) < 4.78 is 27.8. The van der Waals surface area contributed by atoms with Crippen molar-refractivity contribution in [2.75, 3.05) is 7.05 Å². The van der Waals surface area contributed by atoms with Crippen LogP contribution in [0, 0.1) is 5.92 Å². The fourth-order valence-corrected chi connectivity index (χ4v) is 5.68. The van der Waals surface area contributed by atoms with E-state index in [0.29, 0.717) is 11.1 Å². The number of amides is 2. The van der Waals surface area contributed by atoms with E-state index in [1.807, 2.05) is 26.0 Å². The molecule has 7 nitrogen and oxygen atoms in total. The van der Waals surface area contributed by atoms with Gasteiger partial charge in [-0.25, -0.2) is 12.4 Å². The number of nitrogens with zero attached hydrogens (tertiary/aromatic N) is 2. The van der Waals surface area contributed by atoms with Gasteiger partial charge >= 0.3 is 0 Å². The van der Waals surface area contributed by atoms with Crippen LogP contribution >= 0.6 is 0 Å². The highest BCUT2D eigenvalue weighted by Gasteiger charge is 2.40. The summed E-state index contributed by atoms with van der Waals surface area (Å²) >= 11 is 0. The predicted molar refractivity (Wildman–Crippen MR) is 118 cm³/mol. The zero-order valence-electron chi connectivity index (χ0n) is 17.6. The molecule has 2 atom stereocenters. The first-order valence-electron chi connectivity index (χ1n) is 10.2. The minimum absolute atomic E-state index is 0.00664. The van der Waals surface area contributed by atoms with Crippen molar-refractivity contribution in [3.8, 4) is 0 Å². The van der Waals surface area contributed by atoms with E-state index >= 15 is 0 Å². The molecule has 1 aromatic heterocycles. The molecule has 2 aromatic carbocycles. The van der Waals surface area contributed by atoms with Gasteiger partial charge in [-0.05, 0) is 29.7 Å². The summed E-state index contributed by atoms with van der Waals surface area (Å²) in [5.74, 6) is -0.378. The van der Waals surface area contributed by atoms with E-state index in [0.717, 1.165) is 5.39 Å². The predicted octanol–water partition coefficient (Wildman–Crippen LogP) is 2.40. The van der Waals surface area contributed by atoms with Gasteiger partial charge in [0, 0.05) is 25.1 Å². The summed E-state index contributed by atoms with van der Waals surface area (Å²) in [6.07, 6.45) is 1.76. The maximum Gasteiger partial charge on any atom is 0.268 e. The number of likely N-dealkylation sites (N-methyl/N-ethyl adjacent to an activating group) is 1. The summed E-state index contributed by atoms with van der Waals surface area (Å²) in [5.41, 5.74) is 1.22. The van der Waals surface area contributed by atoms with Crippen molar-refractivity contribution < 1.29 is 18.0 Å². The van der Waals surface area contributed by atoms with Crippen LogP contribution in [0.4, 0.5) is 0 Å².